The molecule has 7 heteroatoms. The van der Waals surface area contributed by atoms with Crippen LogP contribution < -0.4 is 5.43 Å². The van der Waals surface area contributed by atoms with E-state index >= 15 is 0 Å². The lowest BCUT2D eigenvalue weighted by Gasteiger charge is -2.32. The Balaban J connectivity index is 1.92. The molecule has 0 spiro atoms. The Kier molecular flexibility index (Phi) is 8.79. The van der Waals surface area contributed by atoms with E-state index in [1.807, 2.05) is 27.7 Å². The van der Waals surface area contributed by atoms with Crippen molar-refractivity contribution in [2.24, 2.45) is 5.92 Å². The number of carbonyl (C=O) groups excluding carboxylic acids is 2. The van der Waals surface area contributed by atoms with Crippen LogP contribution in [0.1, 0.15) is 51.7 Å². The second-order valence-electron chi connectivity index (χ2n) is 9.34. The topological polar surface area (TPSA) is 70.8 Å². The highest BCUT2D eigenvalue weighted by atomic mass is 19.1. The maximum atomic E-state index is 13.5. The number of carbonyl (C=O) groups is 2. The van der Waals surface area contributed by atoms with Crippen molar-refractivity contribution in [2.75, 3.05) is 6.54 Å². The fourth-order valence-corrected chi connectivity index (χ4v) is 3.90. The van der Waals surface area contributed by atoms with Crippen molar-refractivity contribution in [3.05, 3.63) is 82.0 Å². The summed E-state index contributed by atoms with van der Waals surface area (Å²) in [6.45, 7) is 7.91. The van der Waals surface area contributed by atoms with Gasteiger partial charge in [-0.05, 0) is 49.1 Å². The number of hydrogen-bond acceptors (Lipinski definition) is 4. The molecule has 1 atom stereocenters. The zero-order valence-corrected chi connectivity index (χ0v) is 20.8. The normalized spacial score (nSPS) is 12.1. The van der Waals surface area contributed by atoms with Gasteiger partial charge in [0.2, 0.25) is 11.8 Å². The van der Waals surface area contributed by atoms with Crippen molar-refractivity contribution in [3.63, 3.8) is 0 Å². The molecule has 3 aromatic rings. The van der Waals surface area contributed by atoms with Crippen LogP contribution in [0.15, 0.2) is 64.0 Å². The second-order valence-corrected chi connectivity index (χ2v) is 9.34. The van der Waals surface area contributed by atoms with Gasteiger partial charge in [0.1, 0.15) is 17.9 Å². The molecule has 1 unspecified atom stereocenters. The van der Waals surface area contributed by atoms with E-state index in [0.717, 1.165) is 0 Å². The first-order valence-electron chi connectivity index (χ1n) is 12.0. The van der Waals surface area contributed by atoms with Crippen molar-refractivity contribution in [2.45, 2.75) is 59.7 Å². The van der Waals surface area contributed by atoms with Crippen LogP contribution in [0.25, 0.3) is 11.0 Å². The summed E-state index contributed by atoms with van der Waals surface area (Å²) < 4.78 is 19.1. The van der Waals surface area contributed by atoms with Crippen LogP contribution >= 0.6 is 0 Å². The van der Waals surface area contributed by atoms with Gasteiger partial charge < -0.3 is 14.2 Å². The molecule has 3 rings (SSSR count). The minimum atomic E-state index is -0.371. The van der Waals surface area contributed by atoms with Crippen molar-refractivity contribution in [3.8, 4) is 0 Å². The summed E-state index contributed by atoms with van der Waals surface area (Å²) in [5, 5.41) is 0.438. The number of halogens is 1. The number of para-hydroxylation sites is 1. The fourth-order valence-electron chi connectivity index (χ4n) is 3.90. The number of fused-ring (bicyclic) bond motifs is 1. The van der Waals surface area contributed by atoms with Gasteiger partial charge in [0.25, 0.3) is 0 Å². The van der Waals surface area contributed by atoms with E-state index in [-0.39, 0.29) is 54.7 Å². The van der Waals surface area contributed by atoms with E-state index in [2.05, 4.69) is 0 Å². The Morgan fingerprint density at radius 3 is 2.31 bits per heavy atom. The van der Waals surface area contributed by atoms with Gasteiger partial charge in [-0.3, -0.25) is 14.4 Å². The standard InChI is InChI=1S/C28H33FN2O4/c1-5-20(4)31(26(32)14-19(2)3)17-27(33)30(15-21-10-12-23(29)13-11-21)16-22-18-35-25-9-7-6-8-24(25)28(22)34/h6-13,18-20H,5,14-17H2,1-4H3. The summed E-state index contributed by atoms with van der Waals surface area (Å²) in [7, 11) is 0. The van der Waals surface area contributed by atoms with Crippen LogP contribution in [0.5, 0.6) is 0 Å². The molecule has 0 aliphatic heterocycles. The third kappa shape index (κ3) is 6.78. The van der Waals surface area contributed by atoms with Crippen LogP contribution in [-0.2, 0) is 22.7 Å². The van der Waals surface area contributed by atoms with E-state index in [0.29, 0.717) is 34.9 Å². The molecule has 0 saturated heterocycles. The van der Waals surface area contributed by atoms with Gasteiger partial charge in [0.15, 0.2) is 5.43 Å². The third-order valence-corrected chi connectivity index (χ3v) is 6.08. The van der Waals surface area contributed by atoms with Gasteiger partial charge in [0, 0.05) is 19.0 Å². The molecule has 0 bridgehead atoms. The van der Waals surface area contributed by atoms with Gasteiger partial charge in [0.05, 0.1) is 23.8 Å². The zero-order chi connectivity index (χ0) is 25.5. The molecule has 35 heavy (non-hydrogen) atoms. The average molecular weight is 481 g/mol. The van der Waals surface area contributed by atoms with E-state index in [9.17, 15) is 18.8 Å². The number of rotatable bonds is 10. The highest BCUT2D eigenvalue weighted by molar-refractivity contribution is 5.85. The predicted octanol–water partition coefficient (Wildman–Crippen LogP) is 5.13. The first kappa shape index (κ1) is 26.1. The minimum absolute atomic E-state index is 0.0100. The molecule has 0 saturated carbocycles. The van der Waals surface area contributed by atoms with Crippen LogP contribution in [0.3, 0.4) is 0 Å². The molecule has 0 N–H and O–H groups in total. The van der Waals surface area contributed by atoms with Gasteiger partial charge in [-0.25, -0.2) is 4.39 Å². The summed E-state index contributed by atoms with van der Waals surface area (Å²) >= 11 is 0. The quantitative estimate of drug-likeness (QED) is 0.403. The first-order chi connectivity index (χ1) is 16.7. The summed E-state index contributed by atoms with van der Waals surface area (Å²) in [5.41, 5.74) is 1.31. The average Bonchev–Trinajstić information content (AvgIpc) is 2.84. The van der Waals surface area contributed by atoms with E-state index in [1.165, 1.54) is 23.3 Å². The van der Waals surface area contributed by atoms with Crippen LogP contribution in [0.2, 0.25) is 0 Å². The summed E-state index contributed by atoms with van der Waals surface area (Å²) in [4.78, 5) is 42.7. The molecule has 2 amide bonds. The van der Waals surface area contributed by atoms with Gasteiger partial charge in [-0.15, -0.1) is 0 Å². The Morgan fingerprint density at radius 1 is 0.971 bits per heavy atom. The Morgan fingerprint density at radius 2 is 1.66 bits per heavy atom. The SMILES string of the molecule is CCC(C)N(CC(=O)N(Cc1ccc(F)cc1)Cc1coc2ccccc2c1=O)C(=O)CC(C)C. The number of hydrogen-bond donors (Lipinski definition) is 0. The van der Waals surface area contributed by atoms with Gasteiger partial charge >= 0.3 is 0 Å². The van der Waals surface area contributed by atoms with E-state index in [4.69, 9.17) is 4.42 Å². The lowest BCUT2D eigenvalue weighted by molar-refractivity contribution is -0.143. The number of nitrogens with zero attached hydrogens (tertiary/aromatic N) is 2. The summed E-state index contributed by atoms with van der Waals surface area (Å²) in [5.74, 6) is -0.570. The Bertz CT molecular complexity index is 1220. The maximum absolute atomic E-state index is 13.5. The molecular weight excluding hydrogens is 447 g/mol. The van der Waals surface area contributed by atoms with Crippen LogP contribution in [-0.4, -0.2) is 34.2 Å². The monoisotopic (exact) mass is 480 g/mol. The van der Waals surface area contributed by atoms with Crippen LogP contribution in [0, 0.1) is 11.7 Å². The highest BCUT2D eigenvalue weighted by Crippen LogP contribution is 2.16. The maximum Gasteiger partial charge on any atom is 0.242 e. The minimum Gasteiger partial charge on any atom is -0.464 e. The van der Waals surface area contributed by atoms with Crippen molar-refractivity contribution < 1.29 is 18.4 Å². The van der Waals surface area contributed by atoms with E-state index < -0.39 is 0 Å². The molecule has 1 heterocycles. The smallest absolute Gasteiger partial charge is 0.242 e. The molecule has 0 aliphatic rings. The summed E-state index contributed by atoms with van der Waals surface area (Å²) in [6, 6.07) is 12.7. The van der Waals surface area contributed by atoms with E-state index in [1.54, 1.807) is 41.3 Å². The predicted molar refractivity (Wildman–Crippen MR) is 134 cm³/mol. The number of benzene rings is 2. The fraction of sp³-hybridized carbons (Fsp3) is 0.393. The molecule has 2 aromatic carbocycles. The molecular formula is C28H33FN2O4. The van der Waals surface area contributed by atoms with Crippen molar-refractivity contribution >= 4 is 22.8 Å². The lowest BCUT2D eigenvalue weighted by atomic mass is 10.1. The van der Waals surface area contributed by atoms with Crippen LogP contribution in [0.4, 0.5) is 4.39 Å². The Hall–Kier alpha value is -3.48. The molecule has 6 nitrogen and oxygen atoms in total. The molecule has 186 valence electrons. The Labute approximate surface area is 205 Å². The number of amides is 2. The van der Waals surface area contributed by atoms with Gasteiger partial charge in [-0.1, -0.05) is 45.0 Å². The molecule has 0 fully saturated rings. The third-order valence-electron chi connectivity index (χ3n) is 6.08. The first-order valence-corrected chi connectivity index (χ1v) is 12.0. The molecule has 1 aromatic heterocycles. The zero-order valence-electron chi connectivity index (χ0n) is 20.8. The lowest BCUT2D eigenvalue weighted by Crippen LogP contribution is -2.46. The van der Waals surface area contributed by atoms with Crippen molar-refractivity contribution in [1.82, 2.24) is 9.80 Å². The summed E-state index contributed by atoms with van der Waals surface area (Å²) in [6.07, 6.45) is 2.44. The largest absolute Gasteiger partial charge is 0.464 e. The molecule has 0 radical (unpaired) electrons. The second kappa shape index (κ2) is 11.8. The van der Waals surface area contributed by atoms with Gasteiger partial charge in [-0.2, -0.15) is 0 Å². The highest BCUT2D eigenvalue weighted by Gasteiger charge is 2.26. The van der Waals surface area contributed by atoms with Crippen molar-refractivity contribution in [1.29, 1.82) is 0 Å². The molecule has 0 aliphatic carbocycles.